The molecule has 0 radical (unpaired) electrons. The maximum atomic E-state index is 10.9. The van der Waals surface area contributed by atoms with Gasteiger partial charge >= 0.3 is 0 Å². The van der Waals surface area contributed by atoms with Gasteiger partial charge in [0.15, 0.2) is 0 Å². The molecule has 2 aromatic rings. The van der Waals surface area contributed by atoms with Gasteiger partial charge in [-0.15, -0.1) is 0 Å². The molecular formula is C12H10BrClN4O2. The van der Waals surface area contributed by atoms with E-state index < -0.39 is 4.92 Å². The first-order valence-corrected chi connectivity index (χ1v) is 6.73. The van der Waals surface area contributed by atoms with Crippen molar-refractivity contribution in [2.75, 3.05) is 17.7 Å². The lowest BCUT2D eigenvalue weighted by Gasteiger charge is -2.08. The van der Waals surface area contributed by atoms with Crippen LogP contribution >= 0.6 is 27.5 Å². The van der Waals surface area contributed by atoms with Gasteiger partial charge in [0, 0.05) is 17.2 Å². The molecule has 0 bridgehead atoms. The zero-order valence-corrected chi connectivity index (χ0v) is 12.7. The molecule has 0 aliphatic rings. The number of hydrogen-bond acceptors (Lipinski definition) is 5. The zero-order chi connectivity index (χ0) is 14.7. The highest BCUT2D eigenvalue weighted by molar-refractivity contribution is 9.10. The van der Waals surface area contributed by atoms with Gasteiger partial charge in [-0.05, 0) is 34.1 Å². The molecule has 0 saturated heterocycles. The minimum atomic E-state index is -0.470. The quantitative estimate of drug-likeness (QED) is 0.633. The van der Waals surface area contributed by atoms with Gasteiger partial charge in [-0.2, -0.15) is 0 Å². The molecule has 0 amide bonds. The summed E-state index contributed by atoms with van der Waals surface area (Å²) in [6, 6.07) is 7.98. The molecular weight excluding hydrogens is 348 g/mol. The molecule has 0 aliphatic heterocycles. The third kappa shape index (κ3) is 3.37. The van der Waals surface area contributed by atoms with Crippen molar-refractivity contribution in [1.82, 2.24) is 4.98 Å². The molecule has 104 valence electrons. The number of aromatic nitrogens is 1. The van der Waals surface area contributed by atoms with Gasteiger partial charge in [-0.1, -0.05) is 11.6 Å². The molecule has 8 heteroatoms. The Labute approximate surface area is 128 Å². The van der Waals surface area contributed by atoms with Gasteiger partial charge in [-0.3, -0.25) is 10.1 Å². The molecule has 1 heterocycles. The smallest absolute Gasteiger partial charge is 0.276 e. The van der Waals surface area contributed by atoms with Gasteiger partial charge in [0.25, 0.3) is 5.69 Å². The van der Waals surface area contributed by atoms with E-state index >= 15 is 0 Å². The lowest BCUT2D eigenvalue weighted by molar-refractivity contribution is -0.384. The first-order chi connectivity index (χ1) is 9.49. The van der Waals surface area contributed by atoms with Gasteiger partial charge in [0.1, 0.15) is 11.6 Å². The molecule has 0 atom stereocenters. The normalized spacial score (nSPS) is 10.2. The van der Waals surface area contributed by atoms with E-state index in [1.807, 2.05) is 0 Å². The SMILES string of the molecule is CNc1cc([N+](=O)[O-])cc(Nc2ccc(Br)c(Cl)c2)n1. The second kappa shape index (κ2) is 6.06. The number of nitrogens with zero attached hydrogens (tertiary/aromatic N) is 2. The molecule has 1 aromatic carbocycles. The van der Waals surface area contributed by atoms with Crippen LogP contribution in [0.5, 0.6) is 0 Å². The minimum absolute atomic E-state index is 0.0462. The molecule has 1 aromatic heterocycles. The Morgan fingerprint density at radius 3 is 2.60 bits per heavy atom. The second-order valence-electron chi connectivity index (χ2n) is 3.86. The Morgan fingerprint density at radius 1 is 1.30 bits per heavy atom. The Morgan fingerprint density at radius 2 is 2.00 bits per heavy atom. The predicted octanol–water partition coefficient (Wildman–Crippen LogP) is 4.19. The third-order valence-electron chi connectivity index (χ3n) is 2.47. The van der Waals surface area contributed by atoms with E-state index in [1.54, 1.807) is 25.2 Å². The molecule has 2 rings (SSSR count). The van der Waals surface area contributed by atoms with Crippen LogP contribution < -0.4 is 10.6 Å². The average Bonchev–Trinajstić information content (AvgIpc) is 2.42. The number of nitrogens with one attached hydrogen (secondary N) is 2. The highest BCUT2D eigenvalue weighted by Gasteiger charge is 2.11. The van der Waals surface area contributed by atoms with Crippen LogP contribution in [0.2, 0.25) is 5.02 Å². The van der Waals surface area contributed by atoms with Crippen LogP contribution in [0.15, 0.2) is 34.8 Å². The van der Waals surface area contributed by atoms with Crippen molar-refractivity contribution < 1.29 is 4.92 Å². The van der Waals surface area contributed by atoms with Gasteiger partial charge in [-0.25, -0.2) is 4.98 Å². The van der Waals surface area contributed by atoms with Crippen LogP contribution in [0, 0.1) is 10.1 Å². The summed E-state index contributed by atoms with van der Waals surface area (Å²) in [4.78, 5) is 14.6. The lowest BCUT2D eigenvalue weighted by Crippen LogP contribution is -2.00. The molecule has 6 nitrogen and oxygen atoms in total. The van der Waals surface area contributed by atoms with Crippen LogP contribution in [-0.4, -0.2) is 17.0 Å². The second-order valence-corrected chi connectivity index (χ2v) is 5.12. The van der Waals surface area contributed by atoms with E-state index in [0.29, 0.717) is 22.3 Å². The first kappa shape index (κ1) is 14.5. The van der Waals surface area contributed by atoms with E-state index in [4.69, 9.17) is 11.6 Å². The predicted molar refractivity (Wildman–Crippen MR) is 82.9 cm³/mol. The third-order valence-corrected chi connectivity index (χ3v) is 3.70. The van der Waals surface area contributed by atoms with Crippen molar-refractivity contribution in [3.8, 4) is 0 Å². The van der Waals surface area contributed by atoms with Crippen molar-refractivity contribution in [2.45, 2.75) is 0 Å². The molecule has 0 unspecified atom stereocenters. The summed E-state index contributed by atoms with van der Waals surface area (Å²) in [5.41, 5.74) is 0.642. The fraction of sp³-hybridized carbons (Fsp3) is 0.0833. The van der Waals surface area contributed by atoms with Crippen LogP contribution in [0.3, 0.4) is 0 Å². The first-order valence-electron chi connectivity index (χ1n) is 5.56. The van der Waals surface area contributed by atoms with Crippen molar-refractivity contribution in [2.24, 2.45) is 0 Å². The molecule has 2 N–H and O–H groups in total. The number of rotatable bonds is 4. The number of halogens is 2. The highest BCUT2D eigenvalue weighted by Crippen LogP contribution is 2.28. The summed E-state index contributed by atoms with van der Waals surface area (Å²) in [5.74, 6) is 0.770. The summed E-state index contributed by atoms with van der Waals surface area (Å²) in [6.45, 7) is 0. The fourth-order valence-electron chi connectivity index (χ4n) is 1.54. The lowest BCUT2D eigenvalue weighted by atomic mass is 10.3. The minimum Gasteiger partial charge on any atom is -0.373 e. The average molecular weight is 358 g/mol. The van der Waals surface area contributed by atoms with Crippen LogP contribution in [0.25, 0.3) is 0 Å². The monoisotopic (exact) mass is 356 g/mol. The summed E-state index contributed by atoms with van der Waals surface area (Å²) in [6.07, 6.45) is 0. The number of pyridine rings is 1. The maximum Gasteiger partial charge on any atom is 0.276 e. The number of benzene rings is 1. The van der Waals surface area contributed by atoms with E-state index in [2.05, 4.69) is 31.5 Å². The van der Waals surface area contributed by atoms with Crippen molar-refractivity contribution in [1.29, 1.82) is 0 Å². The van der Waals surface area contributed by atoms with Gasteiger partial charge in [0.2, 0.25) is 0 Å². The standard InChI is InChI=1S/C12H10BrClN4O2/c1-15-11-5-8(18(19)20)6-12(17-11)16-7-2-3-9(13)10(14)4-7/h2-6H,1H3,(H2,15,16,17). The van der Waals surface area contributed by atoms with Gasteiger partial charge < -0.3 is 10.6 Å². The Balaban J connectivity index is 2.34. The largest absolute Gasteiger partial charge is 0.373 e. The molecule has 20 heavy (non-hydrogen) atoms. The number of hydrogen-bond donors (Lipinski definition) is 2. The molecule has 0 saturated carbocycles. The summed E-state index contributed by atoms with van der Waals surface area (Å²) < 4.78 is 0.771. The van der Waals surface area contributed by atoms with Gasteiger partial charge in [0.05, 0.1) is 22.1 Å². The van der Waals surface area contributed by atoms with E-state index in [9.17, 15) is 10.1 Å². The Hall–Kier alpha value is -1.86. The summed E-state index contributed by atoms with van der Waals surface area (Å²) >= 11 is 9.29. The fourth-order valence-corrected chi connectivity index (χ4v) is 1.96. The van der Waals surface area contributed by atoms with E-state index in [0.717, 1.165) is 4.47 Å². The van der Waals surface area contributed by atoms with E-state index in [1.165, 1.54) is 12.1 Å². The topological polar surface area (TPSA) is 80.1 Å². The molecule has 0 aliphatic carbocycles. The molecule has 0 fully saturated rings. The van der Waals surface area contributed by atoms with E-state index in [-0.39, 0.29) is 5.69 Å². The number of anilines is 3. The number of nitro groups is 1. The molecule has 0 spiro atoms. The summed E-state index contributed by atoms with van der Waals surface area (Å²) in [7, 11) is 1.65. The summed E-state index contributed by atoms with van der Waals surface area (Å²) in [5, 5.41) is 17.2. The van der Waals surface area contributed by atoms with Crippen LogP contribution in [-0.2, 0) is 0 Å². The zero-order valence-electron chi connectivity index (χ0n) is 10.4. The Kier molecular flexibility index (Phi) is 4.41. The highest BCUT2D eigenvalue weighted by atomic mass is 79.9. The van der Waals surface area contributed by atoms with Crippen LogP contribution in [0.4, 0.5) is 23.0 Å². The van der Waals surface area contributed by atoms with Crippen molar-refractivity contribution in [3.63, 3.8) is 0 Å². The van der Waals surface area contributed by atoms with Crippen molar-refractivity contribution in [3.05, 3.63) is 49.9 Å². The Bertz CT molecular complexity index is 666. The van der Waals surface area contributed by atoms with Crippen molar-refractivity contribution >= 4 is 50.5 Å². The van der Waals surface area contributed by atoms with Crippen LogP contribution in [0.1, 0.15) is 0 Å². The maximum absolute atomic E-state index is 10.9.